The fraction of sp³-hybridized carbons (Fsp3) is 0.591. The van der Waals surface area contributed by atoms with E-state index in [2.05, 4.69) is 23.6 Å². The average molecular weight is 357 g/mol. The Balaban J connectivity index is 1.62. The zero-order chi connectivity index (χ0) is 18.4. The lowest BCUT2D eigenvalue weighted by Crippen LogP contribution is -2.45. The maximum absolute atomic E-state index is 12.7. The molecule has 0 atom stereocenters. The van der Waals surface area contributed by atoms with Gasteiger partial charge in [0, 0.05) is 12.1 Å². The van der Waals surface area contributed by atoms with Gasteiger partial charge in [-0.1, -0.05) is 43.7 Å². The van der Waals surface area contributed by atoms with Gasteiger partial charge in [-0.05, 0) is 51.3 Å². The summed E-state index contributed by atoms with van der Waals surface area (Å²) >= 11 is 0. The minimum atomic E-state index is -0.257. The molecule has 1 aromatic carbocycles. The second-order valence-corrected chi connectivity index (χ2v) is 7.63. The van der Waals surface area contributed by atoms with E-state index in [1.807, 2.05) is 19.1 Å². The van der Waals surface area contributed by atoms with Gasteiger partial charge >= 0.3 is 5.97 Å². The summed E-state index contributed by atoms with van der Waals surface area (Å²) in [6.45, 7) is 9.33. The number of nitrogens with zero attached hydrogens (tertiary/aromatic N) is 1. The van der Waals surface area contributed by atoms with Crippen LogP contribution in [-0.2, 0) is 16.1 Å². The van der Waals surface area contributed by atoms with Crippen LogP contribution >= 0.6 is 0 Å². The van der Waals surface area contributed by atoms with E-state index in [0.717, 1.165) is 50.6 Å². The van der Waals surface area contributed by atoms with Gasteiger partial charge in [0.1, 0.15) is 12.4 Å². The molecule has 0 unspecified atom stereocenters. The summed E-state index contributed by atoms with van der Waals surface area (Å²) in [4.78, 5) is 15.1. The van der Waals surface area contributed by atoms with E-state index in [1.165, 1.54) is 18.4 Å². The van der Waals surface area contributed by atoms with Gasteiger partial charge in [0.2, 0.25) is 0 Å². The third-order valence-corrected chi connectivity index (χ3v) is 5.62. The smallest absolute Gasteiger partial charge is 0.312 e. The van der Waals surface area contributed by atoms with Gasteiger partial charge in [0.25, 0.3) is 0 Å². The standard InChI is InChI=1S/C22H31NO3/c1-3-15-26-20-8-6-5-7-19(20)17-23-13-11-22(12-14-23,16-18-9-10-18)21(24)25-4-2/h3,5-8,18H,1,4,9-17H2,2H3. The topological polar surface area (TPSA) is 38.8 Å². The Morgan fingerprint density at radius 3 is 2.69 bits per heavy atom. The zero-order valence-corrected chi connectivity index (χ0v) is 15.9. The number of hydrogen-bond acceptors (Lipinski definition) is 4. The van der Waals surface area contributed by atoms with Gasteiger partial charge in [-0.25, -0.2) is 0 Å². The van der Waals surface area contributed by atoms with Gasteiger partial charge in [-0.15, -0.1) is 0 Å². The van der Waals surface area contributed by atoms with Crippen molar-refractivity contribution in [2.45, 2.75) is 45.6 Å². The van der Waals surface area contributed by atoms with Gasteiger partial charge in [-0.2, -0.15) is 0 Å². The van der Waals surface area contributed by atoms with E-state index in [9.17, 15) is 4.79 Å². The van der Waals surface area contributed by atoms with Crippen molar-refractivity contribution in [3.05, 3.63) is 42.5 Å². The molecule has 1 aliphatic carbocycles. The Hall–Kier alpha value is -1.81. The summed E-state index contributed by atoms with van der Waals surface area (Å²) in [6.07, 6.45) is 7.13. The third-order valence-electron chi connectivity index (χ3n) is 5.62. The number of rotatable bonds is 9. The fourth-order valence-corrected chi connectivity index (χ4v) is 3.95. The first-order valence-electron chi connectivity index (χ1n) is 9.88. The van der Waals surface area contributed by atoms with E-state index in [1.54, 1.807) is 6.08 Å². The number of esters is 1. The first-order valence-corrected chi connectivity index (χ1v) is 9.88. The van der Waals surface area contributed by atoms with E-state index in [-0.39, 0.29) is 11.4 Å². The summed E-state index contributed by atoms with van der Waals surface area (Å²) in [6, 6.07) is 8.18. The molecule has 1 heterocycles. The lowest BCUT2D eigenvalue weighted by atomic mass is 9.74. The molecule has 4 nitrogen and oxygen atoms in total. The van der Waals surface area contributed by atoms with Crippen LogP contribution in [0, 0.1) is 11.3 Å². The number of para-hydroxylation sites is 1. The second-order valence-electron chi connectivity index (χ2n) is 7.63. The predicted octanol–water partition coefficient (Wildman–Crippen LogP) is 4.20. The van der Waals surface area contributed by atoms with Crippen LogP contribution in [0.15, 0.2) is 36.9 Å². The molecule has 1 aromatic rings. The van der Waals surface area contributed by atoms with Crippen LogP contribution in [0.1, 0.15) is 44.6 Å². The maximum atomic E-state index is 12.7. The van der Waals surface area contributed by atoms with Crippen molar-refractivity contribution in [2.75, 3.05) is 26.3 Å². The first-order chi connectivity index (χ1) is 12.7. The molecule has 4 heteroatoms. The molecule has 0 amide bonds. The summed E-state index contributed by atoms with van der Waals surface area (Å²) in [5.74, 6) is 1.69. The summed E-state index contributed by atoms with van der Waals surface area (Å²) in [5.41, 5.74) is 0.937. The monoisotopic (exact) mass is 357 g/mol. The molecule has 3 rings (SSSR count). The van der Waals surface area contributed by atoms with Gasteiger partial charge in [0.05, 0.1) is 12.0 Å². The molecular weight excluding hydrogens is 326 g/mol. The van der Waals surface area contributed by atoms with Crippen LogP contribution in [0.3, 0.4) is 0 Å². The Kier molecular flexibility index (Phi) is 6.36. The van der Waals surface area contributed by atoms with E-state index in [0.29, 0.717) is 13.2 Å². The number of ether oxygens (including phenoxy) is 2. The number of carbonyl (C=O) groups is 1. The van der Waals surface area contributed by atoms with Crippen molar-refractivity contribution >= 4 is 5.97 Å². The Morgan fingerprint density at radius 2 is 2.04 bits per heavy atom. The molecule has 0 bridgehead atoms. The van der Waals surface area contributed by atoms with Crippen LogP contribution in [-0.4, -0.2) is 37.2 Å². The largest absolute Gasteiger partial charge is 0.489 e. The number of carbonyl (C=O) groups excluding carboxylic acids is 1. The number of piperidine rings is 1. The van der Waals surface area contributed by atoms with E-state index < -0.39 is 0 Å². The number of hydrogen-bond donors (Lipinski definition) is 0. The lowest BCUT2D eigenvalue weighted by Gasteiger charge is -2.40. The Labute approximate surface area is 157 Å². The van der Waals surface area contributed by atoms with Gasteiger partial charge < -0.3 is 9.47 Å². The number of benzene rings is 1. The summed E-state index contributed by atoms with van der Waals surface area (Å²) in [7, 11) is 0. The van der Waals surface area contributed by atoms with Crippen molar-refractivity contribution in [1.82, 2.24) is 4.90 Å². The predicted molar refractivity (Wildman–Crippen MR) is 103 cm³/mol. The first kappa shape index (κ1) is 19.0. The maximum Gasteiger partial charge on any atom is 0.312 e. The molecule has 142 valence electrons. The van der Waals surface area contributed by atoms with Crippen LogP contribution in [0.25, 0.3) is 0 Å². The molecule has 2 aliphatic rings. The van der Waals surface area contributed by atoms with Crippen molar-refractivity contribution in [3.63, 3.8) is 0 Å². The molecule has 1 saturated carbocycles. The number of likely N-dealkylation sites (tertiary alicyclic amines) is 1. The zero-order valence-electron chi connectivity index (χ0n) is 15.9. The van der Waals surface area contributed by atoms with Crippen molar-refractivity contribution in [1.29, 1.82) is 0 Å². The van der Waals surface area contributed by atoms with E-state index in [4.69, 9.17) is 9.47 Å². The molecule has 26 heavy (non-hydrogen) atoms. The van der Waals surface area contributed by atoms with Crippen LogP contribution < -0.4 is 4.74 Å². The van der Waals surface area contributed by atoms with Gasteiger partial charge in [-0.3, -0.25) is 9.69 Å². The molecular formula is C22H31NO3. The molecule has 0 aromatic heterocycles. The molecule has 0 spiro atoms. The Morgan fingerprint density at radius 1 is 1.31 bits per heavy atom. The van der Waals surface area contributed by atoms with Crippen molar-refractivity contribution < 1.29 is 14.3 Å². The SMILES string of the molecule is C=CCOc1ccccc1CN1CCC(CC2CC2)(C(=O)OCC)CC1. The minimum absolute atomic E-state index is 0.0290. The van der Waals surface area contributed by atoms with Crippen LogP contribution in [0.4, 0.5) is 0 Å². The lowest BCUT2D eigenvalue weighted by molar-refractivity contribution is -0.159. The molecule has 1 saturated heterocycles. The highest BCUT2D eigenvalue weighted by atomic mass is 16.5. The fourth-order valence-electron chi connectivity index (χ4n) is 3.95. The Bertz CT molecular complexity index is 616. The molecule has 0 radical (unpaired) electrons. The van der Waals surface area contributed by atoms with Crippen molar-refractivity contribution in [3.8, 4) is 5.75 Å². The summed E-state index contributed by atoms with van der Waals surface area (Å²) < 4.78 is 11.2. The third kappa shape index (κ3) is 4.67. The highest BCUT2D eigenvalue weighted by molar-refractivity contribution is 5.77. The minimum Gasteiger partial charge on any atom is -0.489 e. The van der Waals surface area contributed by atoms with Crippen LogP contribution in [0.2, 0.25) is 0 Å². The van der Waals surface area contributed by atoms with Crippen LogP contribution in [0.5, 0.6) is 5.75 Å². The summed E-state index contributed by atoms with van der Waals surface area (Å²) in [5, 5.41) is 0. The van der Waals surface area contributed by atoms with Gasteiger partial charge in [0.15, 0.2) is 0 Å². The normalized spacial score (nSPS) is 19.7. The van der Waals surface area contributed by atoms with E-state index >= 15 is 0 Å². The second kappa shape index (κ2) is 8.72. The quantitative estimate of drug-likeness (QED) is 0.490. The highest BCUT2D eigenvalue weighted by Gasteiger charge is 2.46. The molecule has 1 aliphatic heterocycles. The highest BCUT2D eigenvalue weighted by Crippen LogP contribution is 2.46. The van der Waals surface area contributed by atoms with Crippen molar-refractivity contribution in [2.24, 2.45) is 11.3 Å². The molecule has 2 fully saturated rings. The average Bonchev–Trinajstić information content (AvgIpc) is 3.47. The molecule has 0 N–H and O–H groups in total.